The molecule has 0 saturated carbocycles. The summed E-state index contributed by atoms with van der Waals surface area (Å²) in [5, 5.41) is 8.67. The van der Waals surface area contributed by atoms with Gasteiger partial charge >= 0.3 is 0 Å². The van der Waals surface area contributed by atoms with Crippen LogP contribution in [0.1, 0.15) is 110 Å². The average Bonchev–Trinajstić information content (AvgIpc) is 2.66. The van der Waals surface area contributed by atoms with Gasteiger partial charge in [-0.25, -0.2) is 0 Å². The van der Waals surface area contributed by atoms with Crippen molar-refractivity contribution in [3.8, 4) is 0 Å². The highest BCUT2D eigenvalue weighted by atomic mass is 16.5. The van der Waals surface area contributed by atoms with Gasteiger partial charge in [-0.1, -0.05) is 115 Å². The molecule has 0 bridgehead atoms. The third-order valence-corrected chi connectivity index (χ3v) is 4.48. The van der Waals surface area contributed by atoms with Crippen LogP contribution in [0.25, 0.3) is 0 Å². The van der Waals surface area contributed by atoms with Crippen molar-refractivity contribution in [2.75, 3.05) is 19.8 Å². The summed E-state index contributed by atoms with van der Waals surface area (Å²) in [6, 6.07) is 0. The highest BCUT2D eigenvalue weighted by Gasteiger charge is 1.94. The van der Waals surface area contributed by atoms with Gasteiger partial charge in [0, 0.05) is 6.61 Å². The molecule has 2 heteroatoms. The van der Waals surface area contributed by atoms with E-state index in [2.05, 4.69) is 20.1 Å². The molecule has 0 saturated heterocycles. The minimum Gasteiger partial charge on any atom is -0.396 e. The van der Waals surface area contributed by atoms with Crippen molar-refractivity contribution in [2.45, 2.75) is 110 Å². The van der Waals surface area contributed by atoms with Gasteiger partial charge in [0.1, 0.15) is 0 Å². The molecule has 0 unspecified atom stereocenters. The lowest BCUT2D eigenvalue weighted by molar-refractivity contribution is 0.194. The second-order valence-electron chi connectivity index (χ2n) is 7.14. The van der Waals surface area contributed by atoms with Crippen LogP contribution in [-0.4, -0.2) is 24.9 Å². The van der Waals surface area contributed by atoms with E-state index in [0.29, 0.717) is 19.8 Å². The first-order chi connectivity index (χ1) is 12.8. The molecule has 0 aliphatic rings. The van der Waals surface area contributed by atoms with E-state index in [1.807, 2.05) is 0 Å². The van der Waals surface area contributed by atoms with Gasteiger partial charge in [0.05, 0.1) is 13.2 Å². The van der Waals surface area contributed by atoms with E-state index >= 15 is 0 Å². The van der Waals surface area contributed by atoms with Crippen molar-refractivity contribution in [1.29, 1.82) is 0 Å². The van der Waals surface area contributed by atoms with Crippen molar-refractivity contribution >= 4 is 0 Å². The van der Waals surface area contributed by atoms with Crippen LogP contribution in [0.4, 0.5) is 0 Å². The molecular formula is C24H48O2. The standard InChI is InChI=1S/C18H38O.C6H10O/c1-2-3-4-5-6-7-8-9-10-11-12-13-14-15-16-17-18-19;1-3-5-7-6-4-2/h19H,2-18H2,1H3;3-4H,1-2,5-6H2. The summed E-state index contributed by atoms with van der Waals surface area (Å²) in [6.45, 7) is 10.8. The summed E-state index contributed by atoms with van der Waals surface area (Å²) >= 11 is 0. The molecule has 0 aliphatic heterocycles. The smallest absolute Gasteiger partial charge is 0.0649 e. The first kappa shape index (κ1) is 27.6. The fourth-order valence-corrected chi connectivity index (χ4v) is 2.89. The Morgan fingerprint density at radius 1 is 0.577 bits per heavy atom. The van der Waals surface area contributed by atoms with E-state index in [0.717, 1.165) is 6.42 Å². The van der Waals surface area contributed by atoms with E-state index in [1.54, 1.807) is 12.2 Å². The first-order valence-electron chi connectivity index (χ1n) is 11.2. The van der Waals surface area contributed by atoms with E-state index in [1.165, 1.54) is 96.3 Å². The third-order valence-electron chi connectivity index (χ3n) is 4.48. The third kappa shape index (κ3) is 31.2. The molecule has 0 atom stereocenters. The topological polar surface area (TPSA) is 29.5 Å². The van der Waals surface area contributed by atoms with Gasteiger partial charge in [0.15, 0.2) is 0 Å². The summed E-state index contributed by atoms with van der Waals surface area (Å²) in [5.74, 6) is 0. The van der Waals surface area contributed by atoms with Gasteiger partial charge in [-0.15, -0.1) is 13.2 Å². The molecule has 0 aromatic heterocycles. The largest absolute Gasteiger partial charge is 0.396 e. The van der Waals surface area contributed by atoms with E-state index in [9.17, 15) is 0 Å². The van der Waals surface area contributed by atoms with Crippen LogP contribution in [0, 0.1) is 0 Å². The van der Waals surface area contributed by atoms with Gasteiger partial charge < -0.3 is 9.84 Å². The van der Waals surface area contributed by atoms with Gasteiger partial charge in [0.2, 0.25) is 0 Å². The Morgan fingerprint density at radius 2 is 0.885 bits per heavy atom. The zero-order valence-electron chi connectivity index (χ0n) is 17.9. The monoisotopic (exact) mass is 368 g/mol. The van der Waals surface area contributed by atoms with Gasteiger partial charge in [-0.2, -0.15) is 0 Å². The van der Waals surface area contributed by atoms with Crippen LogP contribution in [0.15, 0.2) is 25.3 Å². The lowest BCUT2D eigenvalue weighted by atomic mass is 10.0. The lowest BCUT2D eigenvalue weighted by Gasteiger charge is -2.03. The van der Waals surface area contributed by atoms with Gasteiger partial charge in [-0.3, -0.25) is 0 Å². The molecule has 0 spiro atoms. The maximum atomic E-state index is 8.67. The summed E-state index contributed by atoms with van der Waals surface area (Å²) in [6.07, 6.45) is 25.6. The molecule has 26 heavy (non-hydrogen) atoms. The maximum absolute atomic E-state index is 8.67. The Hall–Kier alpha value is -0.600. The van der Waals surface area contributed by atoms with E-state index < -0.39 is 0 Å². The molecule has 0 heterocycles. The molecule has 0 rings (SSSR count). The van der Waals surface area contributed by atoms with Crippen LogP contribution >= 0.6 is 0 Å². The predicted molar refractivity (Wildman–Crippen MR) is 118 cm³/mol. The molecule has 0 radical (unpaired) electrons. The van der Waals surface area contributed by atoms with Crippen molar-refractivity contribution in [3.63, 3.8) is 0 Å². The Labute approximate surface area is 165 Å². The van der Waals surface area contributed by atoms with Crippen LogP contribution < -0.4 is 0 Å². The predicted octanol–water partition coefficient (Wildman–Crippen LogP) is 7.62. The van der Waals surface area contributed by atoms with Crippen LogP contribution in [-0.2, 0) is 4.74 Å². The number of aliphatic hydroxyl groups is 1. The van der Waals surface area contributed by atoms with Gasteiger partial charge in [-0.05, 0) is 6.42 Å². The Kier molecular flexibility index (Phi) is 31.0. The molecular weight excluding hydrogens is 320 g/mol. The minimum absolute atomic E-state index is 0.373. The summed E-state index contributed by atoms with van der Waals surface area (Å²) < 4.78 is 4.90. The zero-order chi connectivity index (χ0) is 19.6. The quantitative estimate of drug-likeness (QED) is 0.177. The molecule has 156 valence electrons. The fourth-order valence-electron chi connectivity index (χ4n) is 2.89. The summed E-state index contributed by atoms with van der Waals surface area (Å²) in [4.78, 5) is 0. The van der Waals surface area contributed by atoms with Crippen molar-refractivity contribution in [1.82, 2.24) is 0 Å². The highest BCUT2D eigenvalue weighted by molar-refractivity contribution is 4.68. The van der Waals surface area contributed by atoms with Crippen LogP contribution in [0.3, 0.4) is 0 Å². The van der Waals surface area contributed by atoms with E-state index in [-0.39, 0.29) is 0 Å². The van der Waals surface area contributed by atoms with E-state index in [4.69, 9.17) is 9.84 Å². The average molecular weight is 369 g/mol. The van der Waals surface area contributed by atoms with Crippen molar-refractivity contribution < 1.29 is 9.84 Å². The molecule has 1 N–H and O–H groups in total. The highest BCUT2D eigenvalue weighted by Crippen LogP contribution is 2.13. The van der Waals surface area contributed by atoms with Gasteiger partial charge in [0.25, 0.3) is 0 Å². The molecule has 2 nitrogen and oxygen atoms in total. The number of ether oxygens (including phenoxy) is 1. The lowest BCUT2D eigenvalue weighted by Crippen LogP contribution is -1.87. The Morgan fingerprint density at radius 3 is 1.15 bits per heavy atom. The normalized spacial score (nSPS) is 10.2. The summed E-state index contributed by atoms with van der Waals surface area (Å²) in [5.41, 5.74) is 0. The summed E-state index contributed by atoms with van der Waals surface area (Å²) in [7, 11) is 0. The Bertz CT molecular complexity index is 227. The second-order valence-corrected chi connectivity index (χ2v) is 7.14. The minimum atomic E-state index is 0.373. The van der Waals surface area contributed by atoms with Crippen molar-refractivity contribution in [3.05, 3.63) is 25.3 Å². The molecule has 0 amide bonds. The molecule has 0 aliphatic carbocycles. The fraction of sp³-hybridized carbons (Fsp3) is 0.833. The number of hydrogen-bond acceptors (Lipinski definition) is 2. The number of rotatable bonds is 20. The molecule has 0 aromatic rings. The number of hydrogen-bond donors (Lipinski definition) is 1. The zero-order valence-corrected chi connectivity index (χ0v) is 17.9. The number of unbranched alkanes of at least 4 members (excludes halogenated alkanes) is 15. The van der Waals surface area contributed by atoms with Crippen LogP contribution in [0.2, 0.25) is 0 Å². The SMILES string of the molecule is C=CCOCC=C.CCCCCCCCCCCCCCCCCCO. The number of aliphatic hydroxyl groups excluding tert-OH is 1. The Balaban J connectivity index is 0. The maximum Gasteiger partial charge on any atom is 0.0649 e. The van der Waals surface area contributed by atoms with Crippen LogP contribution in [0.5, 0.6) is 0 Å². The first-order valence-corrected chi connectivity index (χ1v) is 11.2. The second kappa shape index (κ2) is 29.2. The van der Waals surface area contributed by atoms with Crippen molar-refractivity contribution in [2.24, 2.45) is 0 Å². The molecule has 0 aromatic carbocycles. The molecule has 0 fully saturated rings.